The van der Waals surface area contributed by atoms with E-state index in [-0.39, 0.29) is 24.6 Å². The van der Waals surface area contributed by atoms with E-state index >= 15 is 0 Å². The lowest BCUT2D eigenvalue weighted by Crippen LogP contribution is -2.34. The highest BCUT2D eigenvalue weighted by molar-refractivity contribution is 5.81. The second-order valence-corrected chi connectivity index (χ2v) is 6.51. The molecule has 3 aliphatic rings. The van der Waals surface area contributed by atoms with Gasteiger partial charge in [-0.05, 0) is 25.7 Å². The van der Waals surface area contributed by atoms with Gasteiger partial charge in [0.15, 0.2) is 0 Å². The van der Waals surface area contributed by atoms with E-state index in [1.54, 1.807) is 0 Å². The fraction of sp³-hybridized carbons (Fsp3) is 0.824. The van der Waals surface area contributed by atoms with Crippen molar-refractivity contribution in [3.05, 3.63) is 0 Å². The second kappa shape index (κ2) is 8.17. The summed E-state index contributed by atoms with van der Waals surface area (Å²) in [5.41, 5.74) is -0.625. The molecule has 0 N–H and O–H groups in total. The number of cyclic esters (lactones) is 2. The number of hydrogen-bond acceptors (Lipinski definition) is 5. The molecule has 22 heavy (non-hydrogen) atoms. The molecule has 0 spiro atoms. The summed E-state index contributed by atoms with van der Waals surface area (Å²) < 4.78 is 9.68. The smallest absolute Gasteiger partial charge is 0.315 e. The predicted octanol–water partition coefficient (Wildman–Crippen LogP) is 3.47. The molecular weight excluding hydrogens is 282 g/mol. The molecule has 1 heterocycles. The van der Waals surface area contributed by atoms with Crippen molar-refractivity contribution in [1.29, 1.82) is 5.26 Å². The predicted molar refractivity (Wildman–Crippen MR) is 79.4 cm³/mol. The van der Waals surface area contributed by atoms with E-state index in [0.29, 0.717) is 32.1 Å². The van der Waals surface area contributed by atoms with E-state index < -0.39 is 5.41 Å². The molecule has 2 atom stereocenters. The van der Waals surface area contributed by atoms with Crippen LogP contribution in [0.4, 0.5) is 0 Å². The third-order valence-corrected chi connectivity index (χ3v) is 4.98. The maximum absolute atomic E-state index is 11.8. The van der Waals surface area contributed by atoms with Crippen molar-refractivity contribution in [2.24, 2.45) is 11.3 Å². The van der Waals surface area contributed by atoms with Gasteiger partial charge in [-0.1, -0.05) is 38.5 Å². The average Bonchev–Trinajstić information content (AvgIpc) is 3.01. The first-order valence-electron chi connectivity index (χ1n) is 8.39. The highest BCUT2D eigenvalue weighted by Gasteiger charge is 2.49. The van der Waals surface area contributed by atoms with Gasteiger partial charge in [0.1, 0.15) is 0 Å². The largest absolute Gasteiger partial charge is 0.428 e. The van der Waals surface area contributed by atoms with Crippen LogP contribution in [0.1, 0.15) is 70.6 Å². The molecule has 1 saturated heterocycles. The lowest BCUT2D eigenvalue weighted by atomic mass is 9.81. The Morgan fingerprint density at radius 1 is 1.09 bits per heavy atom. The summed E-state index contributed by atoms with van der Waals surface area (Å²) in [5.74, 6) is -0.810. The lowest BCUT2D eigenvalue weighted by Gasteiger charge is -2.27. The van der Waals surface area contributed by atoms with Crippen molar-refractivity contribution in [2.45, 2.75) is 70.6 Å². The van der Waals surface area contributed by atoms with Crippen LogP contribution in [-0.2, 0) is 19.1 Å². The molecule has 0 aromatic carbocycles. The Kier molecular flexibility index (Phi) is 6.23. The standard InChI is InChI=1S/C11H13NO4.C6H12/c12-5-1-3-11-4-2-8(6-11)9(13)15-7-16-10(11)14;1-2-4-6-5-3-1/h8H,1-4,6-7H2;1-6H2. The summed E-state index contributed by atoms with van der Waals surface area (Å²) in [6.07, 6.45) is 11.5. The lowest BCUT2D eigenvalue weighted by molar-refractivity contribution is -0.181. The molecule has 0 amide bonds. The Morgan fingerprint density at radius 2 is 1.73 bits per heavy atom. The van der Waals surface area contributed by atoms with E-state index in [1.807, 2.05) is 6.07 Å². The Balaban J connectivity index is 0.000000246. The van der Waals surface area contributed by atoms with Crippen LogP contribution in [0.15, 0.2) is 0 Å². The zero-order valence-corrected chi connectivity index (χ0v) is 13.1. The number of fused-ring (bicyclic) bond motifs is 2. The summed E-state index contributed by atoms with van der Waals surface area (Å²) in [6.45, 7) is -0.289. The first-order valence-corrected chi connectivity index (χ1v) is 8.39. The number of carbonyl (C=O) groups excluding carboxylic acids is 2. The molecular formula is C17H25NO4. The normalized spacial score (nSPS) is 30.8. The van der Waals surface area contributed by atoms with Crippen molar-refractivity contribution in [1.82, 2.24) is 0 Å². The number of rotatable bonds is 2. The minimum absolute atomic E-state index is 0.202. The zero-order valence-electron chi connectivity index (χ0n) is 13.1. The van der Waals surface area contributed by atoms with E-state index in [0.717, 1.165) is 0 Å². The molecule has 5 nitrogen and oxygen atoms in total. The summed E-state index contributed by atoms with van der Waals surface area (Å²) in [4.78, 5) is 23.3. The molecule has 2 saturated carbocycles. The Morgan fingerprint density at radius 3 is 2.32 bits per heavy atom. The van der Waals surface area contributed by atoms with Crippen LogP contribution < -0.4 is 0 Å². The zero-order chi connectivity index (χ0) is 15.8. The Bertz CT molecular complexity index is 427. The molecule has 3 fully saturated rings. The van der Waals surface area contributed by atoms with Crippen molar-refractivity contribution in [3.8, 4) is 6.07 Å². The van der Waals surface area contributed by atoms with Gasteiger partial charge in [0, 0.05) is 6.42 Å². The van der Waals surface area contributed by atoms with E-state index in [1.165, 1.54) is 38.5 Å². The molecule has 3 rings (SSSR count). The molecule has 2 bridgehead atoms. The van der Waals surface area contributed by atoms with Crippen LogP contribution in [0.5, 0.6) is 0 Å². The van der Waals surface area contributed by atoms with Crippen molar-refractivity contribution in [2.75, 3.05) is 6.79 Å². The highest BCUT2D eigenvalue weighted by atomic mass is 16.7. The SMILES string of the molecule is C1CCCCC1.N#CCCC12CCC(C1)C(=O)OCOC2=O. The average molecular weight is 307 g/mol. The maximum atomic E-state index is 11.8. The Hall–Kier alpha value is -1.57. The molecule has 0 aromatic rings. The van der Waals surface area contributed by atoms with Gasteiger partial charge in [0.2, 0.25) is 6.79 Å². The minimum atomic E-state index is -0.625. The fourth-order valence-corrected chi connectivity index (χ4v) is 3.61. The van der Waals surface area contributed by atoms with Gasteiger partial charge < -0.3 is 9.47 Å². The van der Waals surface area contributed by atoms with Crippen LogP contribution in [0, 0.1) is 22.7 Å². The third-order valence-electron chi connectivity index (χ3n) is 4.98. The number of nitrogens with zero attached hydrogens (tertiary/aromatic N) is 1. The number of carbonyl (C=O) groups is 2. The van der Waals surface area contributed by atoms with Gasteiger partial charge in [-0.15, -0.1) is 0 Å². The molecule has 2 aliphatic carbocycles. The molecule has 0 radical (unpaired) electrons. The van der Waals surface area contributed by atoms with Crippen LogP contribution in [0.2, 0.25) is 0 Å². The van der Waals surface area contributed by atoms with Crippen LogP contribution >= 0.6 is 0 Å². The molecule has 0 aromatic heterocycles. The third kappa shape index (κ3) is 4.22. The van der Waals surface area contributed by atoms with Crippen molar-refractivity contribution in [3.63, 3.8) is 0 Å². The van der Waals surface area contributed by atoms with Crippen LogP contribution in [-0.4, -0.2) is 18.7 Å². The molecule has 1 aliphatic heterocycles. The highest BCUT2D eigenvalue weighted by Crippen LogP contribution is 2.47. The number of nitriles is 1. The van der Waals surface area contributed by atoms with Crippen LogP contribution in [0.3, 0.4) is 0 Å². The summed E-state index contributed by atoms with van der Waals surface area (Å²) >= 11 is 0. The number of ether oxygens (including phenoxy) is 2. The number of esters is 2. The molecule has 122 valence electrons. The van der Waals surface area contributed by atoms with Gasteiger partial charge in [-0.25, -0.2) is 0 Å². The first kappa shape index (κ1) is 16.8. The van der Waals surface area contributed by atoms with Gasteiger partial charge in [-0.3, -0.25) is 9.59 Å². The van der Waals surface area contributed by atoms with Crippen LogP contribution in [0.25, 0.3) is 0 Å². The maximum Gasteiger partial charge on any atom is 0.315 e. The summed E-state index contributed by atoms with van der Waals surface area (Å²) in [5, 5.41) is 8.59. The fourth-order valence-electron chi connectivity index (χ4n) is 3.61. The summed E-state index contributed by atoms with van der Waals surface area (Å²) in [6, 6.07) is 2.04. The van der Waals surface area contributed by atoms with Gasteiger partial charge in [-0.2, -0.15) is 5.26 Å². The molecule has 5 heteroatoms. The second-order valence-electron chi connectivity index (χ2n) is 6.51. The van der Waals surface area contributed by atoms with E-state index in [4.69, 9.17) is 14.7 Å². The first-order chi connectivity index (χ1) is 10.7. The van der Waals surface area contributed by atoms with Gasteiger partial charge >= 0.3 is 11.9 Å². The van der Waals surface area contributed by atoms with Gasteiger partial charge in [0.25, 0.3) is 0 Å². The molecule has 2 unspecified atom stereocenters. The minimum Gasteiger partial charge on any atom is -0.428 e. The summed E-state index contributed by atoms with van der Waals surface area (Å²) in [7, 11) is 0. The van der Waals surface area contributed by atoms with E-state index in [2.05, 4.69) is 0 Å². The van der Waals surface area contributed by atoms with Crippen molar-refractivity contribution >= 4 is 11.9 Å². The Labute approximate surface area is 132 Å². The monoisotopic (exact) mass is 307 g/mol. The van der Waals surface area contributed by atoms with Crippen molar-refractivity contribution < 1.29 is 19.1 Å². The number of hydrogen-bond donors (Lipinski definition) is 0. The topological polar surface area (TPSA) is 76.4 Å². The van der Waals surface area contributed by atoms with E-state index in [9.17, 15) is 9.59 Å². The van der Waals surface area contributed by atoms with Gasteiger partial charge in [0.05, 0.1) is 17.4 Å². The quantitative estimate of drug-likeness (QED) is 0.730.